The number of aromatic nitrogens is 1. The van der Waals surface area contributed by atoms with Crippen molar-refractivity contribution in [2.24, 2.45) is 0 Å². The summed E-state index contributed by atoms with van der Waals surface area (Å²) < 4.78 is 20.6. The number of carbonyl (C=O) groups is 1. The third kappa shape index (κ3) is 2.93. The highest BCUT2D eigenvalue weighted by atomic mass is 19.1. The maximum atomic E-state index is 14.0. The topological polar surface area (TPSA) is 48.3 Å². The number of fused-ring (bicyclic) bond motifs is 1. The van der Waals surface area contributed by atoms with Gasteiger partial charge in [-0.05, 0) is 25.1 Å². The third-order valence-corrected chi connectivity index (χ3v) is 3.78. The summed E-state index contributed by atoms with van der Waals surface area (Å²) in [5, 5.41) is 0.402. The lowest BCUT2D eigenvalue weighted by Gasteiger charge is -2.13. The Hall–Kier alpha value is -2.95. The zero-order valence-corrected chi connectivity index (χ0v) is 13.2. The molecule has 5 heteroatoms. The zero-order valence-electron chi connectivity index (χ0n) is 13.2. The largest absolute Gasteiger partial charge is 0.462 e. The Balaban J connectivity index is 2.19. The van der Waals surface area contributed by atoms with E-state index < -0.39 is 5.97 Å². The van der Waals surface area contributed by atoms with Crippen molar-refractivity contribution >= 4 is 16.9 Å². The Morgan fingerprint density at radius 3 is 2.58 bits per heavy atom. The van der Waals surface area contributed by atoms with Gasteiger partial charge in [0, 0.05) is 17.1 Å². The van der Waals surface area contributed by atoms with Gasteiger partial charge < -0.3 is 9.30 Å². The Morgan fingerprint density at radius 2 is 1.83 bits per heavy atom. The quantitative estimate of drug-likeness (QED) is 0.691. The van der Waals surface area contributed by atoms with Gasteiger partial charge in [-0.15, -0.1) is 0 Å². The SMILES string of the molecule is CCOC(=O)c1cn(Cc2ccccc2F)c2ccccc2c1=O. The van der Waals surface area contributed by atoms with Crippen LogP contribution in [-0.4, -0.2) is 17.1 Å². The second kappa shape index (κ2) is 6.66. The molecule has 1 heterocycles. The van der Waals surface area contributed by atoms with E-state index >= 15 is 0 Å². The fourth-order valence-electron chi connectivity index (χ4n) is 2.64. The van der Waals surface area contributed by atoms with Crippen LogP contribution in [-0.2, 0) is 11.3 Å². The molecule has 4 nitrogen and oxygen atoms in total. The van der Waals surface area contributed by atoms with Crippen LogP contribution >= 0.6 is 0 Å². The molecular weight excluding hydrogens is 309 g/mol. The van der Waals surface area contributed by atoms with Crippen LogP contribution in [0.2, 0.25) is 0 Å². The molecule has 0 aliphatic heterocycles. The predicted octanol–water partition coefficient (Wildman–Crippen LogP) is 3.37. The molecule has 24 heavy (non-hydrogen) atoms. The lowest BCUT2D eigenvalue weighted by molar-refractivity contribution is 0.0524. The highest BCUT2D eigenvalue weighted by Crippen LogP contribution is 2.16. The van der Waals surface area contributed by atoms with Gasteiger partial charge in [0.1, 0.15) is 11.4 Å². The van der Waals surface area contributed by atoms with Gasteiger partial charge in [-0.25, -0.2) is 9.18 Å². The molecule has 0 N–H and O–H groups in total. The summed E-state index contributed by atoms with van der Waals surface area (Å²) in [5.41, 5.74) is 0.681. The van der Waals surface area contributed by atoms with E-state index in [2.05, 4.69) is 0 Å². The summed E-state index contributed by atoms with van der Waals surface area (Å²) >= 11 is 0. The van der Waals surface area contributed by atoms with Gasteiger partial charge in [0.15, 0.2) is 0 Å². The highest BCUT2D eigenvalue weighted by Gasteiger charge is 2.16. The minimum absolute atomic E-state index is 0.0492. The lowest BCUT2D eigenvalue weighted by atomic mass is 10.1. The Morgan fingerprint density at radius 1 is 1.12 bits per heavy atom. The molecule has 0 unspecified atom stereocenters. The van der Waals surface area contributed by atoms with E-state index in [1.165, 1.54) is 12.3 Å². The molecule has 0 saturated heterocycles. The average Bonchev–Trinajstić information content (AvgIpc) is 2.59. The number of hydrogen-bond acceptors (Lipinski definition) is 3. The first kappa shape index (κ1) is 15.9. The van der Waals surface area contributed by atoms with Crippen LogP contribution in [0, 0.1) is 5.82 Å². The van der Waals surface area contributed by atoms with Crippen LogP contribution in [0.25, 0.3) is 10.9 Å². The maximum absolute atomic E-state index is 14.0. The number of ether oxygens (including phenoxy) is 1. The number of para-hydroxylation sites is 1. The fraction of sp³-hybridized carbons (Fsp3) is 0.158. The van der Waals surface area contributed by atoms with Gasteiger partial charge in [0.05, 0.1) is 18.7 Å². The monoisotopic (exact) mass is 325 g/mol. The molecule has 0 aliphatic rings. The van der Waals surface area contributed by atoms with Crippen molar-refractivity contribution in [3.63, 3.8) is 0 Å². The first-order valence-corrected chi connectivity index (χ1v) is 7.64. The smallest absolute Gasteiger partial charge is 0.343 e. The van der Waals surface area contributed by atoms with E-state index in [4.69, 9.17) is 4.74 Å². The summed E-state index contributed by atoms with van der Waals surface area (Å²) in [4.78, 5) is 24.6. The number of halogens is 1. The van der Waals surface area contributed by atoms with Gasteiger partial charge in [-0.1, -0.05) is 30.3 Å². The van der Waals surface area contributed by atoms with E-state index in [0.717, 1.165) is 0 Å². The molecule has 0 fully saturated rings. The van der Waals surface area contributed by atoms with Crippen molar-refractivity contribution in [3.05, 3.63) is 81.9 Å². The molecule has 0 amide bonds. The summed E-state index contributed by atoms with van der Waals surface area (Å²) in [6.07, 6.45) is 1.44. The summed E-state index contributed by atoms with van der Waals surface area (Å²) in [6.45, 7) is 2.06. The van der Waals surface area contributed by atoms with Gasteiger partial charge >= 0.3 is 5.97 Å². The van der Waals surface area contributed by atoms with Crippen LogP contribution < -0.4 is 5.43 Å². The van der Waals surface area contributed by atoms with Crippen LogP contribution in [0.15, 0.2) is 59.5 Å². The number of pyridine rings is 1. The van der Waals surface area contributed by atoms with Crippen molar-refractivity contribution in [1.29, 1.82) is 0 Å². The number of rotatable bonds is 4. The molecule has 122 valence electrons. The first-order chi connectivity index (χ1) is 11.6. The number of benzene rings is 2. The molecule has 0 bridgehead atoms. The number of esters is 1. The number of hydrogen-bond donors (Lipinski definition) is 0. The van der Waals surface area contributed by atoms with Gasteiger partial charge in [-0.2, -0.15) is 0 Å². The number of nitrogens with zero attached hydrogens (tertiary/aromatic N) is 1. The predicted molar refractivity (Wildman–Crippen MR) is 89.7 cm³/mol. The minimum atomic E-state index is -0.671. The normalized spacial score (nSPS) is 10.8. The first-order valence-electron chi connectivity index (χ1n) is 7.64. The van der Waals surface area contributed by atoms with Gasteiger partial charge in [-0.3, -0.25) is 4.79 Å². The van der Waals surface area contributed by atoms with Gasteiger partial charge in [0.2, 0.25) is 5.43 Å². The average molecular weight is 325 g/mol. The fourth-order valence-corrected chi connectivity index (χ4v) is 2.64. The Labute approximate surface area is 138 Å². The van der Waals surface area contributed by atoms with Crippen LogP contribution in [0.1, 0.15) is 22.8 Å². The van der Waals surface area contributed by atoms with Crippen LogP contribution in [0.4, 0.5) is 4.39 Å². The Bertz CT molecular complexity index is 962. The second-order valence-corrected chi connectivity index (χ2v) is 5.33. The highest BCUT2D eigenvalue weighted by molar-refractivity contribution is 5.93. The van der Waals surface area contributed by atoms with Crippen molar-refractivity contribution in [1.82, 2.24) is 4.57 Å². The molecule has 3 rings (SSSR count). The van der Waals surface area contributed by atoms with Crippen molar-refractivity contribution in [2.75, 3.05) is 6.61 Å². The summed E-state index contributed by atoms with van der Waals surface area (Å²) in [6, 6.07) is 13.4. The van der Waals surface area contributed by atoms with Crippen molar-refractivity contribution in [2.45, 2.75) is 13.5 Å². The minimum Gasteiger partial charge on any atom is -0.462 e. The summed E-state index contributed by atoms with van der Waals surface area (Å²) in [5.74, 6) is -1.01. The van der Waals surface area contributed by atoms with E-state index in [0.29, 0.717) is 16.5 Å². The van der Waals surface area contributed by atoms with Crippen LogP contribution in [0.5, 0.6) is 0 Å². The molecule has 0 spiro atoms. The molecule has 3 aromatic rings. The maximum Gasteiger partial charge on any atom is 0.343 e. The molecule has 0 atom stereocenters. The molecule has 1 aromatic heterocycles. The Kier molecular flexibility index (Phi) is 4.42. The molecule has 0 saturated carbocycles. The van der Waals surface area contributed by atoms with E-state index in [1.807, 2.05) is 0 Å². The van der Waals surface area contributed by atoms with Crippen LogP contribution in [0.3, 0.4) is 0 Å². The lowest BCUT2D eigenvalue weighted by Crippen LogP contribution is -2.21. The van der Waals surface area contributed by atoms with E-state index in [-0.39, 0.29) is 30.0 Å². The number of carbonyl (C=O) groups excluding carboxylic acids is 1. The van der Waals surface area contributed by atoms with E-state index in [9.17, 15) is 14.0 Å². The van der Waals surface area contributed by atoms with Crippen molar-refractivity contribution < 1.29 is 13.9 Å². The summed E-state index contributed by atoms with van der Waals surface area (Å²) in [7, 11) is 0. The second-order valence-electron chi connectivity index (χ2n) is 5.33. The van der Waals surface area contributed by atoms with E-state index in [1.54, 1.807) is 54.0 Å². The molecule has 0 radical (unpaired) electrons. The molecular formula is C19H16FNO3. The standard InChI is InChI=1S/C19H16FNO3/c1-2-24-19(23)15-12-21(11-13-7-3-5-9-16(13)20)17-10-6-4-8-14(17)18(15)22/h3-10,12H,2,11H2,1H3. The molecule has 2 aromatic carbocycles. The zero-order chi connectivity index (χ0) is 17.1. The molecule has 0 aliphatic carbocycles. The van der Waals surface area contributed by atoms with Gasteiger partial charge in [0.25, 0.3) is 0 Å². The van der Waals surface area contributed by atoms with Crippen molar-refractivity contribution in [3.8, 4) is 0 Å². The third-order valence-electron chi connectivity index (χ3n) is 3.78.